The van der Waals surface area contributed by atoms with Crippen LogP contribution in [-0.4, -0.2) is 23.4 Å². The summed E-state index contributed by atoms with van der Waals surface area (Å²) in [4.78, 5) is 0. The molecule has 1 unspecified atom stereocenters. The number of hydrogen-bond acceptors (Lipinski definition) is 2. The number of nitrogens with zero attached hydrogens (tertiary/aromatic N) is 1. The maximum absolute atomic E-state index is 6.43. The quantitative estimate of drug-likeness (QED) is 0.846. The lowest BCUT2D eigenvalue weighted by molar-refractivity contribution is -0.0414. The highest BCUT2D eigenvalue weighted by atomic mass is 16.5. The molecule has 2 aliphatic rings. The molecule has 0 radical (unpaired) electrons. The van der Waals surface area contributed by atoms with Gasteiger partial charge in [0.15, 0.2) is 0 Å². The molecule has 3 nitrogen and oxygen atoms in total. The van der Waals surface area contributed by atoms with Crippen molar-refractivity contribution in [2.75, 3.05) is 7.11 Å². The van der Waals surface area contributed by atoms with Gasteiger partial charge in [-0.05, 0) is 49.9 Å². The number of benzene rings is 1. The minimum Gasteiger partial charge on any atom is -0.497 e. The van der Waals surface area contributed by atoms with Gasteiger partial charge in [-0.2, -0.15) is 0 Å². The third-order valence-corrected chi connectivity index (χ3v) is 5.23. The lowest BCUT2D eigenvalue weighted by Crippen LogP contribution is -2.26. The van der Waals surface area contributed by atoms with Crippen molar-refractivity contribution in [3.63, 3.8) is 0 Å². The zero-order valence-corrected chi connectivity index (χ0v) is 12.7. The summed E-state index contributed by atoms with van der Waals surface area (Å²) in [6, 6.07) is 8.44. The molecule has 2 aromatic rings. The molecule has 2 heterocycles. The van der Waals surface area contributed by atoms with E-state index in [4.69, 9.17) is 9.47 Å². The van der Waals surface area contributed by atoms with Gasteiger partial charge in [-0.3, -0.25) is 0 Å². The Bertz CT molecular complexity index is 640. The van der Waals surface area contributed by atoms with Gasteiger partial charge in [-0.25, -0.2) is 0 Å². The average Bonchev–Trinajstić information content (AvgIpc) is 3.22. The zero-order valence-electron chi connectivity index (χ0n) is 12.7. The number of ether oxygens (including phenoxy) is 2. The van der Waals surface area contributed by atoms with Gasteiger partial charge in [0, 0.05) is 23.6 Å². The molecule has 1 saturated carbocycles. The molecule has 1 aromatic carbocycles. The maximum atomic E-state index is 6.43. The smallest absolute Gasteiger partial charge is 0.119 e. The second-order valence-corrected chi connectivity index (χ2v) is 6.56. The summed E-state index contributed by atoms with van der Waals surface area (Å²) in [5.41, 5.74) is 1.50. The third-order valence-electron chi connectivity index (χ3n) is 5.23. The predicted molar refractivity (Wildman–Crippen MR) is 83.8 cm³/mol. The van der Waals surface area contributed by atoms with E-state index < -0.39 is 0 Å². The van der Waals surface area contributed by atoms with Gasteiger partial charge < -0.3 is 14.0 Å². The Morgan fingerprint density at radius 2 is 2.10 bits per heavy atom. The largest absolute Gasteiger partial charge is 0.497 e. The van der Waals surface area contributed by atoms with Crippen LogP contribution in [0.1, 0.15) is 38.5 Å². The molecule has 1 atom stereocenters. The summed E-state index contributed by atoms with van der Waals surface area (Å²) in [7, 11) is 1.71. The van der Waals surface area contributed by atoms with Crippen molar-refractivity contribution < 1.29 is 9.47 Å². The monoisotopic (exact) mass is 285 g/mol. The summed E-state index contributed by atoms with van der Waals surface area (Å²) in [6.45, 7) is 0.970. The standard InChI is InChI=1S/C18H23NO2/c1-20-15-4-5-17-14(12-15)7-11-19(17)13-16-6-10-18(21-16)8-2-3-9-18/h4-5,7,11-12,16H,2-3,6,8-10,13H2,1H3. The molecule has 2 fully saturated rings. The van der Waals surface area contributed by atoms with E-state index in [0.29, 0.717) is 6.10 Å². The molecular formula is C18H23NO2. The molecule has 112 valence electrons. The van der Waals surface area contributed by atoms with Gasteiger partial charge >= 0.3 is 0 Å². The molecule has 0 amide bonds. The molecule has 0 N–H and O–H groups in total. The Hall–Kier alpha value is -1.48. The van der Waals surface area contributed by atoms with Crippen molar-refractivity contribution in [2.24, 2.45) is 0 Å². The molecule has 21 heavy (non-hydrogen) atoms. The first-order valence-electron chi connectivity index (χ1n) is 8.09. The van der Waals surface area contributed by atoms with E-state index in [1.54, 1.807) is 7.11 Å². The maximum Gasteiger partial charge on any atom is 0.119 e. The fourth-order valence-electron chi connectivity index (χ4n) is 4.09. The first kappa shape index (κ1) is 13.2. The fourth-order valence-corrected chi connectivity index (χ4v) is 4.09. The van der Waals surface area contributed by atoms with Crippen LogP contribution in [0.4, 0.5) is 0 Å². The lowest BCUT2D eigenvalue weighted by atomic mass is 9.98. The molecule has 1 aromatic heterocycles. The van der Waals surface area contributed by atoms with Crippen LogP contribution >= 0.6 is 0 Å². The highest BCUT2D eigenvalue weighted by molar-refractivity contribution is 5.81. The van der Waals surface area contributed by atoms with Crippen LogP contribution in [0.15, 0.2) is 30.5 Å². The Morgan fingerprint density at radius 3 is 2.90 bits per heavy atom. The topological polar surface area (TPSA) is 23.4 Å². The number of aromatic nitrogens is 1. The molecule has 1 aliphatic carbocycles. The van der Waals surface area contributed by atoms with E-state index in [0.717, 1.165) is 12.3 Å². The Balaban J connectivity index is 1.52. The molecule has 0 bridgehead atoms. The number of rotatable bonds is 3. The first-order chi connectivity index (χ1) is 10.3. The van der Waals surface area contributed by atoms with E-state index in [2.05, 4.69) is 29.0 Å². The van der Waals surface area contributed by atoms with Crippen LogP contribution in [0, 0.1) is 0 Å². The molecule has 3 heteroatoms. The Morgan fingerprint density at radius 1 is 1.24 bits per heavy atom. The van der Waals surface area contributed by atoms with Crippen molar-refractivity contribution in [1.29, 1.82) is 0 Å². The number of hydrogen-bond donors (Lipinski definition) is 0. The normalized spacial score (nSPS) is 24.1. The van der Waals surface area contributed by atoms with E-state index in [1.165, 1.54) is 49.4 Å². The average molecular weight is 285 g/mol. The first-order valence-corrected chi connectivity index (χ1v) is 8.09. The molecule has 4 rings (SSSR count). The van der Waals surface area contributed by atoms with Crippen molar-refractivity contribution in [3.8, 4) is 5.75 Å². The van der Waals surface area contributed by atoms with Crippen molar-refractivity contribution >= 4 is 10.9 Å². The van der Waals surface area contributed by atoms with Gasteiger partial charge in [0.05, 0.1) is 18.8 Å². The van der Waals surface area contributed by atoms with Gasteiger partial charge in [0.1, 0.15) is 5.75 Å². The molecular weight excluding hydrogens is 262 g/mol. The van der Waals surface area contributed by atoms with E-state index in [9.17, 15) is 0 Å². The zero-order chi connectivity index (χ0) is 14.3. The third kappa shape index (κ3) is 2.34. The van der Waals surface area contributed by atoms with Crippen molar-refractivity contribution in [1.82, 2.24) is 4.57 Å². The summed E-state index contributed by atoms with van der Waals surface area (Å²) >= 11 is 0. The summed E-state index contributed by atoms with van der Waals surface area (Å²) in [6.07, 6.45) is 10.2. The van der Waals surface area contributed by atoms with Crippen LogP contribution in [0.25, 0.3) is 10.9 Å². The highest BCUT2D eigenvalue weighted by Crippen LogP contribution is 2.43. The van der Waals surface area contributed by atoms with Crippen LogP contribution in [0.3, 0.4) is 0 Å². The molecule has 1 spiro atoms. The van der Waals surface area contributed by atoms with Gasteiger partial charge in [-0.1, -0.05) is 12.8 Å². The van der Waals surface area contributed by atoms with Crippen LogP contribution in [-0.2, 0) is 11.3 Å². The minimum atomic E-state index is 0.233. The summed E-state index contributed by atoms with van der Waals surface area (Å²) in [5, 5.41) is 1.24. The van der Waals surface area contributed by atoms with E-state index in [1.807, 2.05) is 6.07 Å². The van der Waals surface area contributed by atoms with Crippen molar-refractivity contribution in [2.45, 2.75) is 56.8 Å². The fraction of sp³-hybridized carbons (Fsp3) is 0.556. The van der Waals surface area contributed by atoms with E-state index >= 15 is 0 Å². The molecule has 1 saturated heterocycles. The van der Waals surface area contributed by atoms with Crippen LogP contribution in [0.5, 0.6) is 5.75 Å². The van der Waals surface area contributed by atoms with Crippen molar-refractivity contribution in [3.05, 3.63) is 30.5 Å². The van der Waals surface area contributed by atoms with Crippen LogP contribution in [0.2, 0.25) is 0 Å². The van der Waals surface area contributed by atoms with E-state index in [-0.39, 0.29) is 5.60 Å². The Labute approximate surface area is 125 Å². The Kier molecular flexibility index (Phi) is 3.18. The lowest BCUT2D eigenvalue weighted by Gasteiger charge is -2.24. The minimum absolute atomic E-state index is 0.233. The number of fused-ring (bicyclic) bond motifs is 1. The number of methoxy groups -OCH3 is 1. The highest BCUT2D eigenvalue weighted by Gasteiger charge is 2.42. The van der Waals surface area contributed by atoms with Crippen LogP contribution < -0.4 is 4.74 Å². The molecule has 1 aliphatic heterocycles. The second-order valence-electron chi connectivity index (χ2n) is 6.56. The van der Waals surface area contributed by atoms with Gasteiger partial charge in [0.2, 0.25) is 0 Å². The van der Waals surface area contributed by atoms with Gasteiger partial charge in [-0.15, -0.1) is 0 Å². The SMILES string of the molecule is COc1ccc2c(ccn2CC2CCC3(CCCC3)O2)c1. The van der Waals surface area contributed by atoms with Gasteiger partial charge in [0.25, 0.3) is 0 Å². The second kappa shape index (κ2) is 5.06. The predicted octanol–water partition coefficient (Wildman–Crippen LogP) is 4.14. The summed E-state index contributed by atoms with van der Waals surface area (Å²) in [5.74, 6) is 0.919. The summed E-state index contributed by atoms with van der Waals surface area (Å²) < 4.78 is 14.1.